The minimum Gasteiger partial charge on any atom is -0.380 e. The van der Waals surface area contributed by atoms with Gasteiger partial charge >= 0.3 is 0 Å². The normalized spacial score (nSPS) is 10.6. The molecular formula is C13H17N3OS. The summed E-state index contributed by atoms with van der Waals surface area (Å²) < 4.78 is 5.12. The van der Waals surface area contributed by atoms with E-state index in [0.29, 0.717) is 6.61 Å². The number of rotatable bonds is 6. The van der Waals surface area contributed by atoms with Crippen molar-refractivity contribution in [1.82, 2.24) is 10.2 Å². The Labute approximate surface area is 111 Å². The first-order chi connectivity index (χ1) is 8.81. The van der Waals surface area contributed by atoms with E-state index in [0.717, 1.165) is 23.1 Å². The summed E-state index contributed by atoms with van der Waals surface area (Å²) in [7, 11) is 1.71. The molecule has 1 N–H and O–H groups in total. The number of ether oxygens (including phenoxy) is 1. The molecule has 0 unspecified atom stereocenters. The molecule has 0 saturated heterocycles. The molecule has 4 nitrogen and oxygen atoms in total. The molecule has 0 spiro atoms. The van der Waals surface area contributed by atoms with Crippen LogP contribution in [0.1, 0.15) is 23.1 Å². The summed E-state index contributed by atoms with van der Waals surface area (Å²) in [6.07, 6.45) is 0.933. The number of methoxy groups -OCH3 is 1. The van der Waals surface area contributed by atoms with Crippen LogP contribution in [0.3, 0.4) is 0 Å². The van der Waals surface area contributed by atoms with Crippen LogP contribution in [0, 0.1) is 0 Å². The number of nitrogens with zero attached hydrogens (tertiary/aromatic N) is 2. The van der Waals surface area contributed by atoms with Gasteiger partial charge in [0.25, 0.3) is 0 Å². The lowest BCUT2D eigenvalue weighted by Gasteiger charge is -2.05. The van der Waals surface area contributed by atoms with E-state index in [4.69, 9.17) is 4.74 Å². The zero-order chi connectivity index (χ0) is 12.8. The molecule has 0 aliphatic rings. The molecule has 1 aromatic carbocycles. The van der Waals surface area contributed by atoms with Crippen molar-refractivity contribution in [1.29, 1.82) is 0 Å². The highest BCUT2D eigenvalue weighted by molar-refractivity contribution is 7.15. The maximum atomic E-state index is 5.12. The van der Waals surface area contributed by atoms with E-state index in [2.05, 4.69) is 40.6 Å². The first-order valence-electron chi connectivity index (χ1n) is 5.95. The lowest BCUT2D eigenvalue weighted by molar-refractivity contribution is 0.185. The van der Waals surface area contributed by atoms with E-state index in [1.165, 1.54) is 11.1 Å². The number of hydrogen-bond donors (Lipinski definition) is 1. The maximum absolute atomic E-state index is 5.12. The lowest BCUT2D eigenvalue weighted by Crippen LogP contribution is -2.00. The van der Waals surface area contributed by atoms with Crippen LogP contribution in [0.25, 0.3) is 0 Å². The second kappa shape index (κ2) is 6.47. The minimum absolute atomic E-state index is 0.645. The molecule has 0 aliphatic carbocycles. The third-order valence-corrected chi connectivity index (χ3v) is 3.54. The van der Waals surface area contributed by atoms with Crippen molar-refractivity contribution >= 4 is 16.5 Å². The van der Waals surface area contributed by atoms with Crippen LogP contribution in [0.5, 0.6) is 0 Å². The van der Waals surface area contributed by atoms with Crippen molar-refractivity contribution in [3.05, 3.63) is 40.4 Å². The zero-order valence-electron chi connectivity index (χ0n) is 10.6. The predicted octanol–water partition coefficient (Wildman–Crippen LogP) is 2.86. The third kappa shape index (κ3) is 3.51. The number of anilines is 1. The van der Waals surface area contributed by atoms with E-state index in [-0.39, 0.29) is 0 Å². The number of hydrogen-bond acceptors (Lipinski definition) is 5. The number of benzene rings is 1. The monoisotopic (exact) mass is 263 g/mol. The molecule has 2 rings (SSSR count). The summed E-state index contributed by atoms with van der Waals surface area (Å²) >= 11 is 1.61. The Balaban J connectivity index is 1.94. The summed E-state index contributed by atoms with van der Waals surface area (Å²) in [5, 5.41) is 13.4. The van der Waals surface area contributed by atoms with Gasteiger partial charge in [0, 0.05) is 13.7 Å². The Kier molecular flexibility index (Phi) is 4.66. The molecule has 0 radical (unpaired) electrons. The molecule has 0 bridgehead atoms. The van der Waals surface area contributed by atoms with Crippen LogP contribution >= 0.6 is 11.3 Å². The minimum atomic E-state index is 0.645. The Morgan fingerprint density at radius 1 is 1.28 bits per heavy atom. The van der Waals surface area contributed by atoms with E-state index in [1.54, 1.807) is 18.4 Å². The van der Waals surface area contributed by atoms with E-state index in [9.17, 15) is 0 Å². The van der Waals surface area contributed by atoms with Gasteiger partial charge in [-0.1, -0.05) is 42.5 Å². The second-order valence-corrected chi connectivity index (χ2v) is 5.02. The van der Waals surface area contributed by atoms with Gasteiger partial charge in [-0.05, 0) is 17.5 Å². The van der Waals surface area contributed by atoms with Gasteiger partial charge in [-0.3, -0.25) is 0 Å². The molecule has 96 valence electrons. The quantitative estimate of drug-likeness (QED) is 0.870. The number of aromatic nitrogens is 2. The van der Waals surface area contributed by atoms with Gasteiger partial charge in [-0.2, -0.15) is 0 Å². The summed E-state index contributed by atoms with van der Waals surface area (Å²) in [6.45, 7) is 3.49. The van der Waals surface area contributed by atoms with Crippen LogP contribution in [0.15, 0.2) is 24.3 Å². The van der Waals surface area contributed by atoms with E-state index >= 15 is 0 Å². The molecule has 0 aliphatic heterocycles. The SMILES string of the molecule is CCc1nnc(NCc2cccc(COC)c2)s1. The Hall–Kier alpha value is -1.46. The van der Waals surface area contributed by atoms with E-state index in [1.807, 2.05) is 6.07 Å². The van der Waals surface area contributed by atoms with Crippen LogP contribution in [-0.4, -0.2) is 17.3 Å². The first kappa shape index (κ1) is 13.0. The molecule has 0 saturated carbocycles. The van der Waals surface area contributed by atoms with Crippen molar-refractivity contribution in [3.63, 3.8) is 0 Å². The third-order valence-electron chi connectivity index (χ3n) is 2.52. The molecule has 5 heteroatoms. The largest absolute Gasteiger partial charge is 0.380 e. The summed E-state index contributed by atoms with van der Waals surface area (Å²) in [4.78, 5) is 0. The van der Waals surface area contributed by atoms with Gasteiger partial charge in [0.2, 0.25) is 5.13 Å². The molecule has 0 amide bonds. The predicted molar refractivity (Wildman–Crippen MR) is 73.8 cm³/mol. The average Bonchev–Trinajstić information content (AvgIpc) is 2.85. The van der Waals surface area contributed by atoms with Gasteiger partial charge in [0.05, 0.1) is 6.61 Å². The highest BCUT2D eigenvalue weighted by Gasteiger charge is 2.02. The molecule has 1 heterocycles. The first-order valence-corrected chi connectivity index (χ1v) is 6.76. The van der Waals surface area contributed by atoms with Gasteiger partial charge < -0.3 is 10.1 Å². The van der Waals surface area contributed by atoms with Crippen molar-refractivity contribution in [2.75, 3.05) is 12.4 Å². The summed E-state index contributed by atoms with van der Waals surface area (Å²) in [5.41, 5.74) is 2.40. The summed E-state index contributed by atoms with van der Waals surface area (Å²) in [5.74, 6) is 0. The highest BCUT2D eigenvalue weighted by atomic mass is 32.1. The van der Waals surface area contributed by atoms with Gasteiger partial charge in [-0.15, -0.1) is 10.2 Å². The van der Waals surface area contributed by atoms with Crippen molar-refractivity contribution in [2.45, 2.75) is 26.5 Å². The van der Waals surface area contributed by atoms with Crippen LogP contribution < -0.4 is 5.32 Å². The van der Waals surface area contributed by atoms with Crippen LogP contribution in [-0.2, 0) is 24.3 Å². The van der Waals surface area contributed by atoms with Crippen molar-refractivity contribution < 1.29 is 4.74 Å². The topological polar surface area (TPSA) is 47.0 Å². The fraction of sp³-hybridized carbons (Fsp3) is 0.385. The fourth-order valence-electron chi connectivity index (χ4n) is 1.64. The Morgan fingerprint density at radius 3 is 2.83 bits per heavy atom. The molecule has 18 heavy (non-hydrogen) atoms. The zero-order valence-corrected chi connectivity index (χ0v) is 11.5. The van der Waals surface area contributed by atoms with Crippen molar-refractivity contribution in [2.24, 2.45) is 0 Å². The summed E-state index contributed by atoms with van der Waals surface area (Å²) in [6, 6.07) is 8.34. The van der Waals surface area contributed by atoms with Crippen LogP contribution in [0.4, 0.5) is 5.13 Å². The van der Waals surface area contributed by atoms with Gasteiger partial charge in [-0.25, -0.2) is 0 Å². The number of nitrogens with one attached hydrogen (secondary N) is 1. The Morgan fingerprint density at radius 2 is 2.11 bits per heavy atom. The smallest absolute Gasteiger partial charge is 0.205 e. The van der Waals surface area contributed by atoms with E-state index < -0.39 is 0 Å². The van der Waals surface area contributed by atoms with Gasteiger partial charge in [0.15, 0.2) is 0 Å². The molecular weight excluding hydrogens is 246 g/mol. The van der Waals surface area contributed by atoms with Crippen LogP contribution in [0.2, 0.25) is 0 Å². The second-order valence-electron chi connectivity index (χ2n) is 3.96. The molecule has 1 aromatic heterocycles. The highest BCUT2D eigenvalue weighted by Crippen LogP contribution is 2.16. The number of aryl methyl sites for hydroxylation is 1. The van der Waals surface area contributed by atoms with Crippen molar-refractivity contribution in [3.8, 4) is 0 Å². The fourth-order valence-corrected chi connectivity index (χ4v) is 2.32. The average molecular weight is 263 g/mol. The lowest BCUT2D eigenvalue weighted by atomic mass is 10.1. The Bertz CT molecular complexity index is 498. The van der Waals surface area contributed by atoms with Gasteiger partial charge in [0.1, 0.15) is 5.01 Å². The standard InChI is InChI=1S/C13H17N3OS/c1-3-12-15-16-13(18-12)14-8-10-5-4-6-11(7-10)9-17-2/h4-7H,3,8-9H2,1-2H3,(H,14,16). The molecule has 0 fully saturated rings. The maximum Gasteiger partial charge on any atom is 0.205 e. The molecule has 2 aromatic rings. The molecule has 0 atom stereocenters.